The molecule has 1 heterocycles. The number of ether oxygens (including phenoxy) is 1. The number of hydrogen-bond acceptors (Lipinski definition) is 4. The number of imidazole rings is 1. The number of H-pyrrole nitrogens is 1. The van der Waals surface area contributed by atoms with Crippen molar-refractivity contribution in [1.29, 1.82) is 0 Å². The number of nitrogens with one attached hydrogen (secondary N) is 2. The Hall–Kier alpha value is -2.83. The van der Waals surface area contributed by atoms with Gasteiger partial charge >= 0.3 is 5.97 Å². The number of nitrogens with zero attached hydrogens (tertiary/aromatic N) is 3. The third-order valence-electron chi connectivity index (χ3n) is 4.57. The van der Waals surface area contributed by atoms with Gasteiger partial charge in [-0.05, 0) is 25.3 Å². The van der Waals surface area contributed by atoms with Crippen LogP contribution in [0.2, 0.25) is 0 Å². The molecule has 29 heavy (non-hydrogen) atoms. The third-order valence-corrected chi connectivity index (χ3v) is 4.57. The van der Waals surface area contributed by atoms with E-state index in [0.717, 1.165) is 55.3 Å². The number of aromatic amines is 1. The van der Waals surface area contributed by atoms with Crippen molar-refractivity contribution in [2.24, 2.45) is 4.99 Å². The first kappa shape index (κ1) is 22.5. The summed E-state index contributed by atoms with van der Waals surface area (Å²) in [5.41, 5.74) is 2.14. The molecule has 1 aromatic carbocycles. The molecule has 0 aliphatic rings. The molecule has 0 fully saturated rings. The highest BCUT2D eigenvalue weighted by atomic mass is 16.5. The number of esters is 1. The van der Waals surface area contributed by atoms with E-state index in [2.05, 4.69) is 32.4 Å². The van der Waals surface area contributed by atoms with Crippen molar-refractivity contribution >= 4 is 11.9 Å². The first-order valence-corrected chi connectivity index (χ1v) is 10.3. The predicted molar refractivity (Wildman–Crippen MR) is 117 cm³/mol. The minimum absolute atomic E-state index is 0.0963. The average molecular weight is 400 g/mol. The maximum Gasteiger partial charge on any atom is 0.305 e. The minimum Gasteiger partial charge on any atom is -0.466 e. The van der Waals surface area contributed by atoms with Crippen LogP contribution in [0.4, 0.5) is 0 Å². The largest absolute Gasteiger partial charge is 0.466 e. The van der Waals surface area contributed by atoms with Gasteiger partial charge < -0.3 is 19.9 Å². The van der Waals surface area contributed by atoms with Gasteiger partial charge in [0.2, 0.25) is 0 Å². The molecule has 2 rings (SSSR count). The second kappa shape index (κ2) is 12.6. The van der Waals surface area contributed by atoms with Crippen LogP contribution in [0.15, 0.2) is 41.5 Å². The number of rotatable bonds is 11. The van der Waals surface area contributed by atoms with Crippen LogP contribution in [0.1, 0.15) is 44.9 Å². The highest BCUT2D eigenvalue weighted by Crippen LogP contribution is 2.16. The number of unbranched alkanes of at least 4 members (excludes halogenated alkanes) is 3. The Labute approximate surface area is 173 Å². The maximum atomic E-state index is 11.3. The summed E-state index contributed by atoms with van der Waals surface area (Å²) in [4.78, 5) is 25.6. The fourth-order valence-electron chi connectivity index (χ4n) is 3.07. The number of carbonyl (C=O) groups excluding carboxylic acids is 1. The van der Waals surface area contributed by atoms with Gasteiger partial charge in [0.1, 0.15) is 5.82 Å². The predicted octanol–water partition coefficient (Wildman–Crippen LogP) is 3.60. The van der Waals surface area contributed by atoms with E-state index in [-0.39, 0.29) is 5.97 Å². The minimum atomic E-state index is -0.0963. The molecule has 0 bridgehead atoms. The monoisotopic (exact) mass is 399 g/mol. The molecule has 0 aliphatic heterocycles. The molecule has 0 aliphatic carbocycles. The van der Waals surface area contributed by atoms with Crippen molar-refractivity contribution in [2.45, 2.75) is 45.6 Å². The fraction of sp³-hybridized carbons (Fsp3) is 0.500. The number of aliphatic imine (C=N–C) groups is 1. The highest BCUT2D eigenvalue weighted by molar-refractivity contribution is 5.79. The summed E-state index contributed by atoms with van der Waals surface area (Å²) < 4.78 is 4.94. The molecule has 7 nitrogen and oxygen atoms in total. The SMILES string of the molecule is CCOC(=O)CCCCCCNC(=NC)N(C)Cc1ncc(-c2ccccc2)[nH]1. The maximum absolute atomic E-state index is 11.3. The molecule has 0 spiro atoms. The zero-order valence-electron chi connectivity index (χ0n) is 17.8. The normalized spacial score (nSPS) is 11.3. The van der Waals surface area contributed by atoms with E-state index in [1.54, 1.807) is 7.05 Å². The summed E-state index contributed by atoms with van der Waals surface area (Å²) in [5.74, 6) is 1.64. The average Bonchev–Trinajstić information content (AvgIpc) is 3.19. The van der Waals surface area contributed by atoms with E-state index in [4.69, 9.17) is 4.74 Å². The van der Waals surface area contributed by atoms with Gasteiger partial charge in [-0.15, -0.1) is 0 Å². The second-order valence-corrected chi connectivity index (χ2v) is 6.91. The number of carbonyl (C=O) groups is 1. The Bertz CT molecular complexity index is 758. The second-order valence-electron chi connectivity index (χ2n) is 6.91. The molecule has 0 atom stereocenters. The van der Waals surface area contributed by atoms with E-state index < -0.39 is 0 Å². The molecule has 0 radical (unpaired) electrons. The van der Waals surface area contributed by atoms with Crippen molar-refractivity contribution < 1.29 is 9.53 Å². The Morgan fingerprint density at radius 1 is 1.21 bits per heavy atom. The molecule has 0 saturated heterocycles. The Morgan fingerprint density at radius 2 is 1.97 bits per heavy atom. The molecule has 7 heteroatoms. The lowest BCUT2D eigenvalue weighted by Crippen LogP contribution is -2.39. The summed E-state index contributed by atoms with van der Waals surface area (Å²) in [6, 6.07) is 10.2. The molecular formula is C22H33N5O2. The van der Waals surface area contributed by atoms with E-state index >= 15 is 0 Å². The summed E-state index contributed by atoms with van der Waals surface area (Å²) in [6.07, 6.45) is 6.41. The number of hydrogen-bond donors (Lipinski definition) is 2. The number of guanidine groups is 1. The van der Waals surface area contributed by atoms with Crippen LogP contribution in [0.5, 0.6) is 0 Å². The van der Waals surface area contributed by atoms with Gasteiger partial charge in [-0.3, -0.25) is 9.79 Å². The van der Waals surface area contributed by atoms with Gasteiger partial charge in [-0.25, -0.2) is 4.98 Å². The molecule has 0 amide bonds. The lowest BCUT2D eigenvalue weighted by Gasteiger charge is -2.21. The Balaban J connectivity index is 1.68. The summed E-state index contributed by atoms with van der Waals surface area (Å²) in [7, 11) is 3.79. The molecular weight excluding hydrogens is 366 g/mol. The summed E-state index contributed by atoms with van der Waals surface area (Å²) in [6.45, 7) is 3.79. The van der Waals surface area contributed by atoms with Crippen LogP contribution in [0.3, 0.4) is 0 Å². The van der Waals surface area contributed by atoms with Crippen LogP contribution >= 0.6 is 0 Å². The van der Waals surface area contributed by atoms with Crippen LogP contribution < -0.4 is 5.32 Å². The van der Waals surface area contributed by atoms with Crippen LogP contribution in [0.25, 0.3) is 11.3 Å². The van der Waals surface area contributed by atoms with Crippen molar-refractivity contribution in [3.63, 3.8) is 0 Å². The quantitative estimate of drug-likeness (QED) is 0.261. The smallest absolute Gasteiger partial charge is 0.305 e. The fourth-order valence-corrected chi connectivity index (χ4v) is 3.07. The Kier molecular flexibility index (Phi) is 9.75. The highest BCUT2D eigenvalue weighted by Gasteiger charge is 2.09. The van der Waals surface area contributed by atoms with E-state index in [0.29, 0.717) is 19.6 Å². The van der Waals surface area contributed by atoms with Gasteiger partial charge in [0, 0.05) is 27.1 Å². The van der Waals surface area contributed by atoms with Crippen molar-refractivity contribution in [3.05, 3.63) is 42.4 Å². The van der Waals surface area contributed by atoms with Gasteiger partial charge in [0.05, 0.1) is 25.0 Å². The lowest BCUT2D eigenvalue weighted by atomic mass is 10.1. The van der Waals surface area contributed by atoms with E-state index in [1.807, 2.05) is 43.3 Å². The summed E-state index contributed by atoms with van der Waals surface area (Å²) >= 11 is 0. The molecule has 1 aromatic heterocycles. The first-order valence-electron chi connectivity index (χ1n) is 10.3. The zero-order chi connectivity index (χ0) is 20.9. The molecule has 158 valence electrons. The lowest BCUT2D eigenvalue weighted by molar-refractivity contribution is -0.143. The van der Waals surface area contributed by atoms with Crippen LogP contribution in [-0.4, -0.2) is 54.0 Å². The van der Waals surface area contributed by atoms with E-state index in [9.17, 15) is 4.79 Å². The van der Waals surface area contributed by atoms with E-state index in [1.165, 1.54) is 0 Å². The molecule has 2 N–H and O–H groups in total. The van der Waals surface area contributed by atoms with Gasteiger partial charge in [0.25, 0.3) is 0 Å². The Morgan fingerprint density at radius 3 is 2.69 bits per heavy atom. The van der Waals surface area contributed by atoms with Crippen molar-refractivity contribution in [1.82, 2.24) is 20.2 Å². The van der Waals surface area contributed by atoms with Crippen molar-refractivity contribution in [3.8, 4) is 11.3 Å². The number of aromatic nitrogens is 2. The third kappa shape index (κ3) is 7.97. The molecule has 0 saturated carbocycles. The summed E-state index contributed by atoms with van der Waals surface area (Å²) in [5, 5.41) is 3.39. The van der Waals surface area contributed by atoms with Crippen molar-refractivity contribution in [2.75, 3.05) is 27.2 Å². The number of benzene rings is 1. The van der Waals surface area contributed by atoms with Crippen LogP contribution in [-0.2, 0) is 16.1 Å². The molecule has 0 unspecified atom stereocenters. The zero-order valence-corrected chi connectivity index (χ0v) is 17.8. The van der Waals surface area contributed by atoms with Crippen LogP contribution in [0, 0.1) is 0 Å². The standard InChI is InChI=1S/C22H33N5O2/c1-4-29-21(28)14-10-5-6-11-15-24-22(23-2)27(3)17-20-25-16-19(26-20)18-12-8-7-9-13-18/h7-9,12-13,16H,4-6,10-11,14-15,17H2,1-3H3,(H,23,24)(H,25,26). The first-order chi connectivity index (χ1) is 14.1. The molecule has 2 aromatic rings. The van der Waals surface area contributed by atoms with Gasteiger partial charge in [-0.1, -0.05) is 43.2 Å². The van der Waals surface area contributed by atoms with Gasteiger partial charge in [0.15, 0.2) is 5.96 Å². The topological polar surface area (TPSA) is 82.6 Å². The van der Waals surface area contributed by atoms with Gasteiger partial charge in [-0.2, -0.15) is 0 Å².